The molecule has 3 heteroatoms. The lowest BCUT2D eigenvalue weighted by molar-refractivity contribution is 0.713. The van der Waals surface area contributed by atoms with Crippen LogP contribution in [0.5, 0.6) is 0 Å². The average Bonchev–Trinajstić information content (AvgIpc) is 2.19. The molecule has 0 aliphatic carbocycles. The van der Waals surface area contributed by atoms with E-state index in [0.29, 0.717) is 5.88 Å². The second-order valence-electron chi connectivity index (χ2n) is 3.19. The number of benzene rings is 1. The molecular formula is C11H13Cl3. The van der Waals surface area contributed by atoms with E-state index in [0.717, 1.165) is 18.4 Å². The quantitative estimate of drug-likeness (QED) is 0.671. The van der Waals surface area contributed by atoms with Gasteiger partial charge in [0.25, 0.3) is 0 Å². The second-order valence-corrected chi connectivity index (χ2v) is 4.71. The van der Waals surface area contributed by atoms with Crippen molar-refractivity contribution in [2.45, 2.75) is 23.6 Å². The van der Waals surface area contributed by atoms with Crippen molar-refractivity contribution in [2.24, 2.45) is 0 Å². The molecule has 1 aromatic rings. The van der Waals surface area contributed by atoms with Gasteiger partial charge < -0.3 is 0 Å². The Bertz CT molecular complexity index is 248. The topological polar surface area (TPSA) is 0 Å². The predicted molar refractivity (Wildman–Crippen MR) is 64.6 cm³/mol. The normalized spacial score (nSPS) is 15.1. The van der Waals surface area contributed by atoms with Gasteiger partial charge in [0.05, 0.1) is 5.38 Å². The fourth-order valence-electron chi connectivity index (χ4n) is 1.26. The van der Waals surface area contributed by atoms with E-state index in [-0.39, 0.29) is 10.8 Å². The summed E-state index contributed by atoms with van der Waals surface area (Å²) >= 11 is 17.9. The molecular weight excluding hydrogens is 238 g/mol. The van der Waals surface area contributed by atoms with E-state index >= 15 is 0 Å². The van der Waals surface area contributed by atoms with Crippen LogP contribution in [0.2, 0.25) is 0 Å². The molecule has 0 fully saturated rings. The molecule has 0 aliphatic rings. The highest BCUT2D eigenvalue weighted by Crippen LogP contribution is 2.28. The first kappa shape index (κ1) is 12.2. The van der Waals surface area contributed by atoms with Gasteiger partial charge >= 0.3 is 0 Å². The SMILES string of the molecule is ClCCC(Cl)CC(Cl)c1ccccc1. The maximum Gasteiger partial charge on any atom is 0.0599 e. The molecule has 0 heterocycles. The van der Waals surface area contributed by atoms with Gasteiger partial charge in [-0.25, -0.2) is 0 Å². The number of halogens is 3. The Morgan fingerprint density at radius 2 is 1.71 bits per heavy atom. The Kier molecular flexibility index (Phi) is 5.69. The number of hydrogen-bond acceptors (Lipinski definition) is 0. The lowest BCUT2D eigenvalue weighted by Crippen LogP contribution is -2.03. The fourth-order valence-corrected chi connectivity index (χ4v) is 2.37. The van der Waals surface area contributed by atoms with Crippen LogP contribution in [-0.4, -0.2) is 11.3 Å². The van der Waals surface area contributed by atoms with Crippen LogP contribution in [0.15, 0.2) is 30.3 Å². The van der Waals surface area contributed by atoms with E-state index in [9.17, 15) is 0 Å². The molecule has 2 atom stereocenters. The summed E-state index contributed by atoms with van der Waals surface area (Å²) in [7, 11) is 0. The van der Waals surface area contributed by atoms with Crippen LogP contribution in [-0.2, 0) is 0 Å². The monoisotopic (exact) mass is 250 g/mol. The maximum atomic E-state index is 6.21. The van der Waals surface area contributed by atoms with Crippen molar-refractivity contribution in [1.82, 2.24) is 0 Å². The highest BCUT2D eigenvalue weighted by atomic mass is 35.5. The molecule has 0 aliphatic heterocycles. The van der Waals surface area contributed by atoms with Crippen molar-refractivity contribution in [3.05, 3.63) is 35.9 Å². The molecule has 2 unspecified atom stereocenters. The molecule has 14 heavy (non-hydrogen) atoms. The van der Waals surface area contributed by atoms with Crippen molar-refractivity contribution in [1.29, 1.82) is 0 Å². The highest BCUT2D eigenvalue weighted by Gasteiger charge is 2.13. The Balaban J connectivity index is 2.46. The lowest BCUT2D eigenvalue weighted by Gasteiger charge is -2.13. The molecule has 0 nitrogen and oxygen atoms in total. The van der Waals surface area contributed by atoms with Gasteiger partial charge in [0.15, 0.2) is 0 Å². The fraction of sp³-hybridized carbons (Fsp3) is 0.455. The zero-order valence-electron chi connectivity index (χ0n) is 7.80. The molecule has 1 rings (SSSR count). The summed E-state index contributed by atoms with van der Waals surface area (Å²) in [4.78, 5) is 0. The summed E-state index contributed by atoms with van der Waals surface area (Å²) < 4.78 is 0. The Morgan fingerprint density at radius 1 is 1.07 bits per heavy atom. The van der Waals surface area contributed by atoms with E-state index in [2.05, 4.69) is 0 Å². The summed E-state index contributed by atoms with van der Waals surface area (Å²) in [5, 5.41) is 0.0529. The third-order valence-corrected chi connectivity index (χ3v) is 3.09. The van der Waals surface area contributed by atoms with Crippen LogP contribution in [0.4, 0.5) is 0 Å². The van der Waals surface area contributed by atoms with Gasteiger partial charge in [-0.3, -0.25) is 0 Å². The van der Waals surface area contributed by atoms with E-state index < -0.39 is 0 Å². The van der Waals surface area contributed by atoms with Crippen LogP contribution in [0, 0.1) is 0 Å². The Morgan fingerprint density at radius 3 is 2.29 bits per heavy atom. The summed E-state index contributed by atoms with van der Waals surface area (Å²) in [6.45, 7) is 0. The van der Waals surface area contributed by atoms with Gasteiger partial charge in [-0.2, -0.15) is 0 Å². The van der Waals surface area contributed by atoms with Crippen LogP contribution in [0.1, 0.15) is 23.8 Å². The van der Waals surface area contributed by atoms with Crippen molar-refractivity contribution < 1.29 is 0 Å². The highest BCUT2D eigenvalue weighted by molar-refractivity contribution is 6.24. The third-order valence-electron chi connectivity index (χ3n) is 2.05. The van der Waals surface area contributed by atoms with Crippen molar-refractivity contribution in [3.8, 4) is 0 Å². The van der Waals surface area contributed by atoms with Crippen molar-refractivity contribution in [2.75, 3.05) is 5.88 Å². The van der Waals surface area contributed by atoms with Crippen LogP contribution >= 0.6 is 34.8 Å². The Labute approximate surface area is 100 Å². The molecule has 78 valence electrons. The molecule has 1 aromatic carbocycles. The van der Waals surface area contributed by atoms with Crippen LogP contribution in [0.3, 0.4) is 0 Å². The van der Waals surface area contributed by atoms with Gasteiger partial charge in [-0.05, 0) is 18.4 Å². The Hall–Kier alpha value is 0.0900. The molecule has 0 radical (unpaired) electrons. The maximum absolute atomic E-state index is 6.21. The van der Waals surface area contributed by atoms with Crippen LogP contribution < -0.4 is 0 Å². The third kappa shape index (κ3) is 4.08. The molecule has 0 spiro atoms. The van der Waals surface area contributed by atoms with Gasteiger partial charge in [0.1, 0.15) is 0 Å². The molecule has 0 N–H and O–H groups in total. The largest absolute Gasteiger partial charge is 0.127 e. The van der Waals surface area contributed by atoms with Gasteiger partial charge in [-0.15, -0.1) is 34.8 Å². The van der Waals surface area contributed by atoms with E-state index in [1.165, 1.54) is 0 Å². The van der Waals surface area contributed by atoms with Crippen LogP contribution in [0.25, 0.3) is 0 Å². The molecule has 0 bridgehead atoms. The smallest absolute Gasteiger partial charge is 0.0599 e. The van der Waals surface area contributed by atoms with Crippen molar-refractivity contribution >= 4 is 34.8 Å². The minimum Gasteiger partial charge on any atom is -0.127 e. The van der Waals surface area contributed by atoms with E-state index in [4.69, 9.17) is 34.8 Å². The van der Waals surface area contributed by atoms with Gasteiger partial charge in [-0.1, -0.05) is 30.3 Å². The van der Waals surface area contributed by atoms with E-state index in [1.807, 2.05) is 30.3 Å². The molecule has 0 aromatic heterocycles. The van der Waals surface area contributed by atoms with E-state index in [1.54, 1.807) is 0 Å². The predicted octanol–water partition coefficient (Wildman–Crippen LogP) is 4.59. The zero-order chi connectivity index (χ0) is 10.4. The number of rotatable bonds is 5. The molecule has 0 amide bonds. The first-order valence-electron chi connectivity index (χ1n) is 4.63. The first-order chi connectivity index (χ1) is 6.74. The number of hydrogen-bond donors (Lipinski definition) is 0. The minimum atomic E-state index is -0.0121. The standard InChI is InChI=1S/C11H13Cl3/c12-7-6-10(13)8-11(14)9-4-2-1-3-5-9/h1-5,10-11H,6-8H2. The first-order valence-corrected chi connectivity index (χ1v) is 6.04. The summed E-state index contributed by atoms with van der Waals surface area (Å²) in [5.74, 6) is 0.590. The summed E-state index contributed by atoms with van der Waals surface area (Å²) in [5.41, 5.74) is 1.12. The average molecular weight is 252 g/mol. The minimum absolute atomic E-state index is 0.0121. The molecule has 0 saturated carbocycles. The van der Waals surface area contributed by atoms with Crippen molar-refractivity contribution in [3.63, 3.8) is 0 Å². The van der Waals surface area contributed by atoms with Gasteiger partial charge in [0, 0.05) is 11.3 Å². The lowest BCUT2D eigenvalue weighted by atomic mass is 10.1. The summed E-state index contributed by atoms with van der Waals surface area (Å²) in [6.07, 6.45) is 1.57. The molecule has 0 saturated heterocycles. The second kappa shape index (κ2) is 6.55. The summed E-state index contributed by atoms with van der Waals surface area (Å²) in [6, 6.07) is 9.97. The van der Waals surface area contributed by atoms with Gasteiger partial charge in [0.2, 0.25) is 0 Å². The zero-order valence-corrected chi connectivity index (χ0v) is 10.1. The number of alkyl halides is 3.